The maximum Gasteiger partial charge on any atom is 0.340 e. The number of hydrogen-bond acceptors (Lipinski definition) is 11. The smallest absolute Gasteiger partial charge is 0.340 e. The number of rotatable bonds is 11. The summed E-state index contributed by atoms with van der Waals surface area (Å²) in [5, 5.41) is 0. The van der Waals surface area contributed by atoms with Crippen molar-refractivity contribution in [2.75, 3.05) is 6.61 Å². The second-order valence-electron chi connectivity index (χ2n) is 11.6. The highest BCUT2D eigenvalue weighted by molar-refractivity contribution is 5.92. The number of hydrogen-bond donors (Lipinski definition) is 0. The fourth-order valence-electron chi connectivity index (χ4n) is 5.37. The largest absolute Gasteiger partial charge is 0.456 e. The lowest BCUT2D eigenvalue weighted by atomic mass is 9.95. The first-order valence-corrected chi connectivity index (χ1v) is 16.3. The standard InChI is InChI=1S/C41H31FO11/c42-41(26-48-35(43)27-16-6-1-7-17-27)34(51-38(46)30-22-12-4-13-23-30)32(49-36(44)28-18-8-2-9-19-28)33(50-37(45)29-20-10-3-11-21-29)40(53-41)52-39(47)31-24-14-5-15-25-31/h1-25,32-34,40H,26H2/t32-,33-,34+,40-,41-/m1/s1. The molecule has 1 heterocycles. The van der Waals surface area contributed by atoms with E-state index >= 15 is 4.39 Å². The molecule has 268 valence electrons. The van der Waals surface area contributed by atoms with Crippen molar-refractivity contribution in [2.45, 2.75) is 30.5 Å². The zero-order valence-corrected chi connectivity index (χ0v) is 27.8. The minimum Gasteiger partial charge on any atom is -0.456 e. The molecule has 0 N–H and O–H groups in total. The predicted molar refractivity (Wildman–Crippen MR) is 184 cm³/mol. The van der Waals surface area contributed by atoms with Crippen LogP contribution < -0.4 is 0 Å². The van der Waals surface area contributed by atoms with Gasteiger partial charge < -0.3 is 23.7 Å². The van der Waals surface area contributed by atoms with Crippen molar-refractivity contribution in [1.29, 1.82) is 0 Å². The van der Waals surface area contributed by atoms with E-state index in [1.54, 1.807) is 78.9 Å². The minimum atomic E-state index is -3.38. The molecule has 1 aliphatic rings. The molecule has 0 spiro atoms. The van der Waals surface area contributed by atoms with Gasteiger partial charge in [-0.15, -0.1) is 0 Å². The van der Waals surface area contributed by atoms with E-state index in [0.717, 1.165) is 0 Å². The molecule has 1 aliphatic heterocycles. The Morgan fingerprint density at radius 3 is 1.17 bits per heavy atom. The van der Waals surface area contributed by atoms with Gasteiger partial charge >= 0.3 is 29.8 Å². The van der Waals surface area contributed by atoms with Crippen LogP contribution in [0.1, 0.15) is 51.8 Å². The molecular formula is C41H31FO11. The molecule has 0 aliphatic carbocycles. The van der Waals surface area contributed by atoms with E-state index in [2.05, 4.69) is 0 Å². The number of carbonyl (C=O) groups is 5. The summed E-state index contributed by atoms with van der Waals surface area (Å²) < 4.78 is 51.7. The summed E-state index contributed by atoms with van der Waals surface area (Å²) in [5.41, 5.74) is 0.0661. The third-order valence-electron chi connectivity index (χ3n) is 8.02. The highest BCUT2D eigenvalue weighted by atomic mass is 19.2. The fourth-order valence-corrected chi connectivity index (χ4v) is 5.37. The Hall–Kier alpha value is -6.66. The first-order chi connectivity index (χ1) is 25.7. The summed E-state index contributed by atoms with van der Waals surface area (Å²) >= 11 is 0. The second kappa shape index (κ2) is 16.6. The van der Waals surface area contributed by atoms with Crippen molar-refractivity contribution in [1.82, 2.24) is 0 Å². The second-order valence-corrected chi connectivity index (χ2v) is 11.6. The fraction of sp³-hybridized carbons (Fsp3) is 0.146. The molecule has 12 heteroatoms. The monoisotopic (exact) mass is 718 g/mol. The normalized spacial score (nSPS) is 20.6. The SMILES string of the molecule is O=C(OC[C@@]1(F)O[C@@H](OC(=O)c2ccccc2)[C@H](OC(=O)c2ccccc2)[C@@H](OC(=O)c2ccccc2)[C@@H]1OC(=O)c1ccccc1)c1ccccc1. The van der Waals surface area contributed by atoms with Gasteiger partial charge in [0.25, 0.3) is 5.85 Å². The van der Waals surface area contributed by atoms with Gasteiger partial charge in [-0.05, 0) is 60.7 Å². The van der Waals surface area contributed by atoms with Crippen molar-refractivity contribution in [3.63, 3.8) is 0 Å². The molecule has 11 nitrogen and oxygen atoms in total. The number of halogens is 1. The van der Waals surface area contributed by atoms with Gasteiger partial charge in [-0.1, -0.05) is 91.0 Å². The summed E-state index contributed by atoms with van der Waals surface area (Å²) in [6.07, 6.45) is -8.46. The summed E-state index contributed by atoms with van der Waals surface area (Å²) in [5.74, 6) is -8.54. The van der Waals surface area contributed by atoms with Crippen molar-refractivity contribution in [3.05, 3.63) is 179 Å². The number of benzene rings is 5. The summed E-state index contributed by atoms with van der Waals surface area (Å²) in [6, 6.07) is 37.9. The van der Waals surface area contributed by atoms with Crippen LogP contribution in [-0.2, 0) is 28.4 Å². The van der Waals surface area contributed by atoms with Crippen LogP contribution in [0.15, 0.2) is 152 Å². The first kappa shape index (κ1) is 36.1. The van der Waals surface area contributed by atoms with Gasteiger partial charge in [0.1, 0.15) is 0 Å². The maximum absolute atomic E-state index is 17.7. The van der Waals surface area contributed by atoms with Gasteiger partial charge in [0.2, 0.25) is 18.5 Å². The molecule has 6 rings (SSSR count). The number of esters is 5. The van der Waals surface area contributed by atoms with Crippen LogP contribution in [0.2, 0.25) is 0 Å². The molecule has 1 fully saturated rings. The topological polar surface area (TPSA) is 141 Å². The number of alkyl halides is 1. The van der Waals surface area contributed by atoms with E-state index < -0.39 is 66.9 Å². The zero-order valence-electron chi connectivity index (χ0n) is 27.8. The number of carbonyl (C=O) groups excluding carboxylic acids is 5. The molecule has 5 atom stereocenters. The van der Waals surface area contributed by atoms with Crippen molar-refractivity contribution < 1.29 is 56.8 Å². The third kappa shape index (κ3) is 8.81. The van der Waals surface area contributed by atoms with Crippen LogP contribution in [-0.4, -0.2) is 66.9 Å². The first-order valence-electron chi connectivity index (χ1n) is 16.3. The van der Waals surface area contributed by atoms with Crippen LogP contribution in [0.25, 0.3) is 0 Å². The molecule has 1 saturated heterocycles. The minimum absolute atomic E-state index is 0.00180. The highest BCUT2D eigenvalue weighted by Crippen LogP contribution is 2.39. The van der Waals surface area contributed by atoms with Gasteiger partial charge in [-0.2, -0.15) is 0 Å². The van der Waals surface area contributed by atoms with Crippen LogP contribution in [0.3, 0.4) is 0 Å². The van der Waals surface area contributed by atoms with E-state index in [0.29, 0.717) is 0 Å². The highest BCUT2D eigenvalue weighted by Gasteiger charge is 2.63. The summed E-state index contributed by atoms with van der Waals surface area (Å²) in [6.45, 7) is -1.26. The van der Waals surface area contributed by atoms with Gasteiger partial charge in [-0.25, -0.2) is 28.4 Å². The third-order valence-corrected chi connectivity index (χ3v) is 8.02. The Labute approximate surface area is 302 Å². The van der Waals surface area contributed by atoms with E-state index in [9.17, 15) is 24.0 Å². The lowest BCUT2D eigenvalue weighted by Gasteiger charge is -2.46. The molecule has 0 saturated carbocycles. The average molecular weight is 719 g/mol. The average Bonchev–Trinajstić information content (AvgIpc) is 3.21. The van der Waals surface area contributed by atoms with E-state index in [1.165, 1.54) is 72.8 Å². The van der Waals surface area contributed by atoms with Crippen molar-refractivity contribution >= 4 is 29.8 Å². The van der Waals surface area contributed by atoms with Gasteiger partial charge in [0, 0.05) is 0 Å². The Morgan fingerprint density at radius 2 is 0.774 bits per heavy atom. The quantitative estimate of drug-likeness (QED) is 0.111. The molecule has 0 bridgehead atoms. The molecule has 0 radical (unpaired) electrons. The van der Waals surface area contributed by atoms with Crippen LogP contribution in [0.4, 0.5) is 4.39 Å². The number of ether oxygens (including phenoxy) is 6. The van der Waals surface area contributed by atoms with Gasteiger partial charge in [-0.3, -0.25) is 4.74 Å². The Balaban J connectivity index is 1.45. The summed E-state index contributed by atoms with van der Waals surface area (Å²) in [4.78, 5) is 67.3. The van der Waals surface area contributed by atoms with Crippen LogP contribution >= 0.6 is 0 Å². The van der Waals surface area contributed by atoms with E-state index in [4.69, 9.17) is 28.4 Å². The lowest BCUT2D eigenvalue weighted by Crippen LogP contribution is -2.68. The molecular weight excluding hydrogens is 687 g/mol. The Kier molecular flexibility index (Phi) is 11.3. The van der Waals surface area contributed by atoms with Gasteiger partial charge in [0.05, 0.1) is 27.8 Å². The molecule has 0 aromatic heterocycles. The van der Waals surface area contributed by atoms with Crippen molar-refractivity contribution in [2.24, 2.45) is 0 Å². The van der Waals surface area contributed by atoms with Crippen LogP contribution in [0, 0.1) is 0 Å². The summed E-state index contributed by atoms with van der Waals surface area (Å²) in [7, 11) is 0. The lowest BCUT2D eigenvalue weighted by molar-refractivity contribution is -0.360. The Morgan fingerprint density at radius 1 is 0.453 bits per heavy atom. The van der Waals surface area contributed by atoms with E-state index in [-0.39, 0.29) is 27.8 Å². The molecule has 0 amide bonds. The zero-order chi connectivity index (χ0) is 37.2. The molecule has 53 heavy (non-hydrogen) atoms. The van der Waals surface area contributed by atoms with E-state index in [1.807, 2.05) is 0 Å². The van der Waals surface area contributed by atoms with Gasteiger partial charge in [0.15, 0.2) is 12.7 Å². The Bertz CT molecular complexity index is 2030. The van der Waals surface area contributed by atoms with Crippen molar-refractivity contribution in [3.8, 4) is 0 Å². The maximum atomic E-state index is 17.7. The molecule has 5 aromatic rings. The molecule has 0 unspecified atom stereocenters. The van der Waals surface area contributed by atoms with Crippen LogP contribution in [0.5, 0.6) is 0 Å². The predicted octanol–water partition coefficient (Wildman–Crippen LogP) is 6.40. The molecule has 5 aromatic carbocycles.